The molecule has 0 amide bonds. The zero-order valence-electron chi connectivity index (χ0n) is 22.9. The zero-order valence-corrected chi connectivity index (χ0v) is 22.9. The van der Waals surface area contributed by atoms with E-state index < -0.39 is 0 Å². The molecule has 0 saturated heterocycles. The first-order valence-corrected chi connectivity index (χ1v) is 14.5. The Bertz CT molecular complexity index is 2540. The SMILES string of the molecule is CC1(C)c2ccccc2-c2ccc3c(c21)c1cccc2c4c5c6ccccc6n(-c6ccccc6)c5ccc4n3c12. The molecule has 9 aromatic rings. The van der Waals surface area contributed by atoms with E-state index in [1.165, 1.54) is 87.8 Å². The van der Waals surface area contributed by atoms with Gasteiger partial charge in [0.2, 0.25) is 0 Å². The Morgan fingerprint density at radius 1 is 0.463 bits per heavy atom. The van der Waals surface area contributed by atoms with Crippen molar-refractivity contribution in [2.45, 2.75) is 19.3 Å². The van der Waals surface area contributed by atoms with E-state index in [-0.39, 0.29) is 5.41 Å². The van der Waals surface area contributed by atoms with E-state index in [1.807, 2.05) is 0 Å². The minimum Gasteiger partial charge on any atom is -0.309 e. The highest BCUT2D eigenvalue weighted by molar-refractivity contribution is 6.33. The van der Waals surface area contributed by atoms with E-state index in [9.17, 15) is 0 Å². The molecule has 41 heavy (non-hydrogen) atoms. The smallest absolute Gasteiger partial charge is 0.0620 e. The van der Waals surface area contributed by atoms with E-state index in [2.05, 4.69) is 144 Å². The number of rotatable bonds is 1. The van der Waals surface area contributed by atoms with Crippen LogP contribution < -0.4 is 0 Å². The van der Waals surface area contributed by atoms with Crippen LogP contribution in [0.15, 0.2) is 121 Å². The number of aromatic nitrogens is 2. The molecule has 1 aliphatic carbocycles. The van der Waals surface area contributed by atoms with Gasteiger partial charge < -0.3 is 8.97 Å². The second-order valence-electron chi connectivity index (χ2n) is 12.1. The summed E-state index contributed by atoms with van der Waals surface area (Å²) in [5.41, 5.74) is 13.2. The molecule has 1 aliphatic rings. The van der Waals surface area contributed by atoms with Crippen LogP contribution in [0.4, 0.5) is 0 Å². The summed E-state index contributed by atoms with van der Waals surface area (Å²) in [4.78, 5) is 0. The first-order chi connectivity index (χ1) is 20.1. The average molecular weight is 523 g/mol. The maximum Gasteiger partial charge on any atom is 0.0620 e. The molecule has 0 radical (unpaired) electrons. The van der Waals surface area contributed by atoms with Gasteiger partial charge in [0.15, 0.2) is 0 Å². The molecule has 0 N–H and O–H groups in total. The molecular formula is C39H26N2. The van der Waals surface area contributed by atoms with Crippen LogP contribution in [-0.2, 0) is 5.41 Å². The standard InChI is InChI=1S/C39H26N2/c1-39(2)29-17-8-6-13-24(29)25-19-20-33-36(37(25)39)28-16-10-15-27-35-32(41(33)38(27)28)22-21-31-34(35)26-14-7-9-18-30(26)40(31)23-11-4-3-5-12-23/h3-22H,1-2H3. The highest BCUT2D eigenvalue weighted by Gasteiger charge is 2.38. The van der Waals surface area contributed by atoms with Gasteiger partial charge in [-0.05, 0) is 58.7 Å². The average Bonchev–Trinajstić information content (AvgIpc) is 3.70. The minimum atomic E-state index is -0.0599. The van der Waals surface area contributed by atoms with Gasteiger partial charge in [0.05, 0.1) is 27.6 Å². The van der Waals surface area contributed by atoms with Crippen LogP contribution >= 0.6 is 0 Å². The molecule has 192 valence electrons. The maximum absolute atomic E-state index is 2.54. The number of fused-ring (bicyclic) bond motifs is 14. The topological polar surface area (TPSA) is 9.34 Å². The van der Waals surface area contributed by atoms with Gasteiger partial charge in [0.1, 0.15) is 0 Å². The predicted molar refractivity (Wildman–Crippen MR) is 173 cm³/mol. The van der Waals surface area contributed by atoms with Crippen LogP contribution in [0.3, 0.4) is 0 Å². The lowest BCUT2D eigenvalue weighted by Gasteiger charge is -2.22. The van der Waals surface area contributed by atoms with E-state index in [0.717, 1.165) is 0 Å². The van der Waals surface area contributed by atoms with E-state index in [4.69, 9.17) is 0 Å². The molecule has 3 aromatic heterocycles. The van der Waals surface area contributed by atoms with Gasteiger partial charge in [-0.3, -0.25) is 0 Å². The van der Waals surface area contributed by atoms with Crippen LogP contribution in [0.2, 0.25) is 0 Å². The molecule has 0 unspecified atom stereocenters. The van der Waals surface area contributed by atoms with E-state index in [0.29, 0.717) is 0 Å². The quantitative estimate of drug-likeness (QED) is 0.203. The second-order valence-corrected chi connectivity index (χ2v) is 12.1. The van der Waals surface area contributed by atoms with Crippen molar-refractivity contribution in [2.24, 2.45) is 0 Å². The zero-order chi connectivity index (χ0) is 27.0. The van der Waals surface area contributed by atoms with Crippen molar-refractivity contribution in [1.29, 1.82) is 0 Å². The van der Waals surface area contributed by atoms with Crippen LogP contribution in [0.1, 0.15) is 25.0 Å². The molecule has 0 saturated carbocycles. The van der Waals surface area contributed by atoms with Gasteiger partial charge >= 0.3 is 0 Å². The fourth-order valence-corrected chi connectivity index (χ4v) is 8.24. The Balaban J connectivity index is 1.42. The van der Waals surface area contributed by atoms with Gasteiger partial charge in [-0.2, -0.15) is 0 Å². The fraction of sp³-hybridized carbons (Fsp3) is 0.0769. The van der Waals surface area contributed by atoms with Crippen molar-refractivity contribution in [1.82, 2.24) is 8.97 Å². The van der Waals surface area contributed by atoms with E-state index >= 15 is 0 Å². The highest BCUT2D eigenvalue weighted by atomic mass is 15.0. The number of nitrogens with zero attached hydrogens (tertiary/aromatic N) is 2. The van der Waals surface area contributed by atoms with Crippen LogP contribution in [-0.4, -0.2) is 8.97 Å². The molecule has 6 aromatic carbocycles. The highest BCUT2D eigenvalue weighted by Crippen LogP contribution is 2.54. The van der Waals surface area contributed by atoms with Gasteiger partial charge in [-0.1, -0.05) is 98.8 Å². The molecule has 3 heterocycles. The fourth-order valence-electron chi connectivity index (χ4n) is 8.24. The Kier molecular flexibility index (Phi) is 3.79. The maximum atomic E-state index is 2.54. The first kappa shape index (κ1) is 21.7. The summed E-state index contributed by atoms with van der Waals surface area (Å²) in [6, 6.07) is 44.9. The third-order valence-corrected chi connectivity index (χ3v) is 9.81. The summed E-state index contributed by atoms with van der Waals surface area (Å²) in [5.74, 6) is 0. The lowest BCUT2D eigenvalue weighted by molar-refractivity contribution is 0.666. The van der Waals surface area contributed by atoms with Crippen LogP contribution in [0, 0.1) is 0 Å². The molecule has 0 aliphatic heterocycles. The summed E-state index contributed by atoms with van der Waals surface area (Å²) in [5, 5.41) is 8.06. The molecule has 2 heteroatoms. The minimum absolute atomic E-state index is 0.0599. The second kappa shape index (κ2) is 7.16. The summed E-state index contributed by atoms with van der Waals surface area (Å²) in [6.45, 7) is 4.79. The number of hydrogen-bond donors (Lipinski definition) is 0. The number of hydrogen-bond acceptors (Lipinski definition) is 0. The van der Waals surface area contributed by atoms with Crippen LogP contribution in [0.25, 0.3) is 76.7 Å². The van der Waals surface area contributed by atoms with Crippen LogP contribution in [0.5, 0.6) is 0 Å². The van der Waals surface area contributed by atoms with Gasteiger partial charge in [-0.25, -0.2) is 0 Å². The summed E-state index contributed by atoms with van der Waals surface area (Å²) in [7, 11) is 0. The van der Waals surface area contributed by atoms with Gasteiger partial charge in [0, 0.05) is 43.4 Å². The summed E-state index contributed by atoms with van der Waals surface area (Å²) < 4.78 is 4.96. The lowest BCUT2D eigenvalue weighted by Crippen LogP contribution is -2.15. The number of para-hydroxylation sites is 3. The normalized spacial score (nSPS) is 14.3. The summed E-state index contributed by atoms with van der Waals surface area (Å²) in [6.07, 6.45) is 0. The van der Waals surface area contributed by atoms with Crippen molar-refractivity contribution in [3.05, 3.63) is 132 Å². The Hall–Kier alpha value is -5.08. The molecule has 0 atom stereocenters. The first-order valence-electron chi connectivity index (χ1n) is 14.5. The third kappa shape index (κ3) is 2.43. The van der Waals surface area contributed by atoms with E-state index in [1.54, 1.807) is 0 Å². The molecular weight excluding hydrogens is 496 g/mol. The Morgan fingerprint density at radius 3 is 1.98 bits per heavy atom. The van der Waals surface area contributed by atoms with Crippen molar-refractivity contribution in [3.63, 3.8) is 0 Å². The largest absolute Gasteiger partial charge is 0.309 e. The monoisotopic (exact) mass is 522 g/mol. The molecule has 10 rings (SSSR count). The van der Waals surface area contributed by atoms with Crippen molar-refractivity contribution in [2.75, 3.05) is 0 Å². The molecule has 0 spiro atoms. The van der Waals surface area contributed by atoms with Gasteiger partial charge in [-0.15, -0.1) is 0 Å². The van der Waals surface area contributed by atoms with Crippen molar-refractivity contribution >= 4 is 59.9 Å². The molecule has 0 fully saturated rings. The Morgan fingerprint density at radius 2 is 1.10 bits per heavy atom. The number of benzene rings is 6. The predicted octanol–water partition coefficient (Wildman–Crippen LogP) is 10.2. The molecule has 0 bridgehead atoms. The molecule has 2 nitrogen and oxygen atoms in total. The third-order valence-electron chi connectivity index (χ3n) is 9.81. The van der Waals surface area contributed by atoms with Crippen molar-refractivity contribution < 1.29 is 0 Å². The summed E-state index contributed by atoms with van der Waals surface area (Å²) >= 11 is 0. The Labute approximate surface area is 237 Å². The van der Waals surface area contributed by atoms with Crippen molar-refractivity contribution in [3.8, 4) is 16.8 Å². The van der Waals surface area contributed by atoms with Gasteiger partial charge in [0.25, 0.3) is 0 Å². The lowest BCUT2D eigenvalue weighted by atomic mass is 9.80.